The first-order valence-electron chi connectivity index (χ1n) is 10.9. The van der Waals surface area contributed by atoms with E-state index in [2.05, 4.69) is 22.1 Å². The molecule has 174 valence electrons. The standard InChI is InChI=1S/C26H26N4O3S/c1-4-16-30-24(20-15-17-33-18(20)3)28-29-26(30)34-23(19-11-7-6-8-12-19)25(31)27-21-13-9-10-14-22(21)32-5-2/h4,6-15,17,23H,1,5,16H2,2-3H3,(H,27,31)/t23-/m1/s1. The van der Waals surface area contributed by atoms with Gasteiger partial charge in [-0.1, -0.05) is 60.3 Å². The summed E-state index contributed by atoms with van der Waals surface area (Å²) in [6.07, 6.45) is 3.41. The second-order valence-electron chi connectivity index (χ2n) is 7.42. The van der Waals surface area contributed by atoms with Gasteiger partial charge in [-0.2, -0.15) is 0 Å². The molecule has 0 saturated carbocycles. The minimum Gasteiger partial charge on any atom is -0.492 e. The van der Waals surface area contributed by atoms with Crippen LogP contribution < -0.4 is 10.1 Å². The van der Waals surface area contributed by atoms with Gasteiger partial charge in [0.2, 0.25) is 5.91 Å². The van der Waals surface area contributed by atoms with Gasteiger partial charge >= 0.3 is 0 Å². The fourth-order valence-corrected chi connectivity index (χ4v) is 4.59. The Bertz CT molecular complexity index is 1270. The highest BCUT2D eigenvalue weighted by Crippen LogP contribution is 2.38. The van der Waals surface area contributed by atoms with Crippen molar-refractivity contribution in [1.82, 2.24) is 14.8 Å². The molecule has 34 heavy (non-hydrogen) atoms. The van der Waals surface area contributed by atoms with E-state index in [0.717, 1.165) is 16.9 Å². The zero-order chi connectivity index (χ0) is 23.9. The van der Waals surface area contributed by atoms with Crippen molar-refractivity contribution in [3.8, 4) is 17.1 Å². The fraction of sp³-hybridized carbons (Fsp3) is 0.192. The van der Waals surface area contributed by atoms with Crippen LogP contribution in [0.2, 0.25) is 0 Å². The molecule has 1 amide bonds. The van der Waals surface area contributed by atoms with Crippen molar-refractivity contribution in [2.24, 2.45) is 0 Å². The maximum absolute atomic E-state index is 13.6. The third kappa shape index (κ3) is 5.07. The number of furan rings is 1. The molecule has 4 rings (SSSR count). The number of aryl methyl sites for hydroxylation is 1. The van der Waals surface area contributed by atoms with Gasteiger partial charge in [-0.05, 0) is 37.6 Å². The van der Waals surface area contributed by atoms with E-state index in [0.29, 0.717) is 35.6 Å². The monoisotopic (exact) mass is 474 g/mol. The average molecular weight is 475 g/mol. The molecule has 2 aromatic heterocycles. The molecule has 0 unspecified atom stereocenters. The van der Waals surface area contributed by atoms with E-state index in [1.807, 2.05) is 79.1 Å². The van der Waals surface area contributed by atoms with Crippen LogP contribution in [0.15, 0.2) is 89.2 Å². The molecule has 0 spiro atoms. The lowest BCUT2D eigenvalue weighted by Gasteiger charge is -2.18. The van der Waals surface area contributed by atoms with Crippen molar-refractivity contribution >= 4 is 23.4 Å². The Kier molecular flexibility index (Phi) is 7.49. The molecule has 0 saturated heterocycles. The third-order valence-electron chi connectivity index (χ3n) is 5.14. The smallest absolute Gasteiger partial charge is 0.242 e. The summed E-state index contributed by atoms with van der Waals surface area (Å²) in [5.41, 5.74) is 2.33. The average Bonchev–Trinajstić information content (AvgIpc) is 3.45. The number of para-hydroxylation sites is 2. The minimum absolute atomic E-state index is 0.183. The molecule has 1 atom stereocenters. The molecule has 0 bridgehead atoms. The van der Waals surface area contributed by atoms with Gasteiger partial charge in [-0.3, -0.25) is 9.36 Å². The number of anilines is 1. The number of hydrogen-bond acceptors (Lipinski definition) is 6. The van der Waals surface area contributed by atoms with Crippen molar-refractivity contribution in [2.45, 2.75) is 30.8 Å². The minimum atomic E-state index is -0.568. The van der Waals surface area contributed by atoms with Gasteiger partial charge in [0.25, 0.3) is 0 Å². The molecule has 0 aliphatic carbocycles. The van der Waals surface area contributed by atoms with Gasteiger partial charge in [0, 0.05) is 6.54 Å². The molecule has 0 aliphatic heterocycles. The summed E-state index contributed by atoms with van der Waals surface area (Å²) in [6, 6.07) is 18.9. The molecule has 1 N–H and O–H groups in total. The van der Waals surface area contributed by atoms with Gasteiger partial charge in [-0.15, -0.1) is 16.8 Å². The highest BCUT2D eigenvalue weighted by Gasteiger charge is 2.27. The van der Waals surface area contributed by atoms with Crippen LogP contribution in [0.4, 0.5) is 5.69 Å². The van der Waals surface area contributed by atoms with Gasteiger partial charge in [0.05, 0.1) is 24.1 Å². The summed E-state index contributed by atoms with van der Waals surface area (Å²) in [5.74, 6) is 1.86. The Hall–Kier alpha value is -3.78. The second kappa shape index (κ2) is 10.9. The third-order valence-corrected chi connectivity index (χ3v) is 6.37. The maximum atomic E-state index is 13.6. The zero-order valence-electron chi connectivity index (χ0n) is 19.1. The number of nitrogens with one attached hydrogen (secondary N) is 1. The van der Waals surface area contributed by atoms with Crippen LogP contribution in [0.1, 0.15) is 23.5 Å². The lowest BCUT2D eigenvalue weighted by Crippen LogP contribution is -2.20. The molecule has 8 heteroatoms. The van der Waals surface area contributed by atoms with Gasteiger partial charge in [0.15, 0.2) is 11.0 Å². The number of nitrogens with zero attached hydrogens (tertiary/aromatic N) is 3. The molecule has 4 aromatic rings. The molecule has 0 radical (unpaired) electrons. The quantitative estimate of drug-likeness (QED) is 0.227. The normalized spacial score (nSPS) is 11.7. The van der Waals surface area contributed by atoms with Gasteiger partial charge in [-0.25, -0.2) is 0 Å². The van der Waals surface area contributed by atoms with Crippen molar-refractivity contribution in [3.05, 3.63) is 90.9 Å². The number of allylic oxidation sites excluding steroid dienone is 1. The van der Waals surface area contributed by atoms with E-state index in [-0.39, 0.29) is 5.91 Å². The van der Waals surface area contributed by atoms with Crippen LogP contribution in [0.3, 0.4) is 0 Å². The Morgan fingerprint density at radius 2 is 1.94 bits per heavy atom. The number of carbonyl (C=O) groups is 1. The van der Waals surface area contributed by atoms with Crippen LogP contribution in [0.5, 0.6) is 5.75 Å². The van der Waals surface area contributed by atoms with Crippen molar-refractivity contribution < 1.29 is 13.9 Å². The fourth-order valence-electron chi connectivity index (χ4n) is 3.54. The summed E-state index contributed by atoms with van der Waals surface area (Å²) >= 11 is 1.34. The molecule has 7 nitrogen and oxygen atoms in total. The Morgan fingerprint density at radius 3 is 2.65 bits per heavy atom. The van der Waals surface area contributed by atoms with Crippen molar-refractivity contribution in [3.63, 3.8) is 0 Å². The molecule has 2 heterocycles. The van der Waals surface area contributed by atoms with Crippen LogP contribution >= 0.6 is 11.8 Å². The highest BCUT2D eigenvalue weighted by atomic mass is 32.2. The Labute approximate surface area is 202 Å². The van der Waals surface area contributed by atoms with E-state index < -0.39 is 5.25 Å². The van der Waals surface area contributed by atoms with E-state index in [4.69, 9.17) is 9.15 Å². The number of aromatic nitrogens is 3. The van der Waals surface area contributed by atoms with Crippen LogP contribution in [0, 0.1) is 6.92 Å². The molecular formula is C26H26N4O3S. The number of rotatable bonds is 10. The van der Waals surface area contributed by atoms with E-state index >= 15 is 0 Å². The number of benzene rings is 2. The van der Waals surface area contributed by atoms with Crippen LogP contribution in [-0.4, -0.2) is 27.3 Å². The molecular weight excluding hydrogens is 448 g/mol. The number of ether oxygens (including phenoxy) is 1. The Balaban J connectivity index is 1.68. The first-order chi connectivity index (χ1) is 16.6. The molecule has 0 aliphatic rings. The van der Waals surface area contributed by atoms with E-state index in [1.54, 1.807) is 12.3 Å². The maximum Gasteiger partial charge on any atom is 0.242 e. The number of thioether (sulfide) groups is 1. The van der Waals surface area contributed by atoms with Gasteiger partial charge < -0.3 is 14.5 Å². The summed E-state index contributed by atoms with van der Waals surface area (Å²) in [7, 11) is 0. The predicted molar refractivity (Wildman–Crippen MR) is 134 cm³/mol. The summed E-state index contributed by atoms with van der Waals surface area (Å²) in [6.45, 7) is 8.66. The van der Waals surface area contributed by atoms with E-state index in [9.17, 15) is 4.79 Å². The second-order valence-corrected chi connectivity index (χ2v) is 8.50. The lowest BCUT2D eigenvalue weighted by atomic mass is 10.1. The number of amides is 1. The Morgan fingerprint density at radius 1 is 1.18 bits per heavy atom. The largest absolute Gasteiger partial charge is 0.492 e. The van der Waals surface area contributed by atoms with Crippen molar-refractivity contribution in [2.75, 3.05) is 11.9 Å². The first-order valence-corrected chi connectivity index (χ1v) is 11.8. The van der Waals surface area contributed by atoms with Crippen molar-refractivity contribution in [1.29, 1.82) is 0 Å². The lowest BCUT2D eigenvalue weighted by molar-refractivity contribution is -0.115. The van der Waals surface area contributed by atoms with Crippen LogP contribution in [-0.2, 0) is 11.3 Å². The summed E-state index contributed by atoms with van der Waals surface area (Å²) in [4.78, 5) is 13.6. The van der Waals surface area contributed by atoms with E-state index in [1.165, 1.54) is 11.8 Å². The number of carbonyl (C=O) groups excluding carboxylic acids is 1. The molecule has 0 fully saturated rings. The van der Waals surface area contributed by atoms with Crippen LogP contribution in [0.25, 0.3) is 11.4 Å². The summed E-state index contributed by atoms with van der Waals surface area (Å²) < 4.78 is 13.1. The molecule has 2 aromatic carbocycles. The summed E-state index contributed by atoms with van der Waals surface area (Å²) in [5, 5.41) is 11.9. The van der Waals surface area contributed by atoms with Gasteiger partial charge in [0.1, 0.15) is 16.8 Å². The number of hydrogen-bond donors (Lipinski definition) is 1. The predicted octanol–water partition coefficient (Wildman–Crippen LogP) is 5.90. The first kappa shape index (κ1) is 23.4. The zero-order valence-corrected chi connectivity index (χ0v) is 19.9. The topological polar surface area (TPSA) is 82.2 Å². The highest BCUT2D eigenvalue weighted by molar-refractivity contribution is 8.00. The SMILES string of the molecule is C=CCn1c(S[C@@H](C(=O)Nc2ccccc2OCC)c2ccccc2)nnc1-c1ccoc1C.